The summed E-state index contributed by atoms with van der Waals surface area (Å²) in [6.45, 7) is 4.57. The number of fused-ring (bicyclic) bond motifs is 2. The van der Waals surface area contributed by atoms with Gasteiger partial charge in [-0.1, -0.05) is 62.2 Å². The van der Waals surface area contributed by atoms with Gasteiger partial charge in [-0.25, -0.2) is 0 Å². The Hall–Kier alpha value is -1.57. The third kappa shape index (κ3) is 1.25. The lowest BCUT2D eigenvalue weighted by atomic mass is 9.52. The van der Waals surface area contributed by atoms with E-state index in [0.29, 0.717) is 5.92 Å². The molecule has 2 nitrogen and oxygen atoms in total. The molecule has 0 aromatic heterocycles. The zero-order chi connectivity index (χ0) is 15.9. The number of ether oxygens (including phenoxy) is 1. The summed E-state index contributed by atoms with van der Waals surface area (Å²) >= 11 is 0. The number of rotatable bonds is 1. The van der Waals surface area contributed by atoms with E-state index in [9.17, 15) is 4.79 Å². The summed E-state index contributed by atoms with van der Waals surface area (Å²) in [4.78, 5) is 12.9. The SMILES string of the molecule is C[C@@H]1OC(=O)[C@@H]2[C@H]1[C@]13C=C[C@]2(c2ccccc2)[C@@]1(C)CCCC3. The van der Waals surface area contributed by atoms with Crippen LogP contribution in [0, 0.1) is 22.7 Å². The van der Waals surface area contributed by atoms with E-state index in [0.717, 1.165) is 0 Å². The quantitative estimate of drug-likeness (QED) is 0.572. The molecule has 2 bridgehead atoms. The smallest absolute Gasteiger partial charge is 0.310 e. The Bertz CT molecular complexity index is 708. The maximum atomic E-state index is 12.9. The lowest BCUT2D eigenvalue weighted by molar-refractivity contribution is -0.147. The average molecular weight is 308 g/mol. The van der Waals surface area contributed by atoms with Crippen LogP contribution in [0.2, 0.25) is 0 Å². The highest BCUT2D eigenvalue weighted by Gasteiger charge is 2.80. The normalized spacial score (nSPS) is 49.8. The van der Waals surface area contributed by atoms with Gasteiger partial charge in [-0.05, 0) is 30.7 Å². The van der Waals surface area contributed by atoms with Crippen LogP contribution >= 0.6 is 0 Å². The Kier molecular flexibility index (Phi) is 2.46. The molecule has 0 unspecified atom stereocenters. The first-order valence-corrected chi connectivity index (χ1v) is 9.03. The molecule has 0 amide bonds. The molecule has 0 radical (unpaired) electrons. The third-order valence-electron chi connectivity index (χ3n) is 7.86. The molecule has 2 heteroatoms. The highest BCUT2D eigenvalue weighted by atomic mass is 16.6. The molecule has 1 aliphatic heterocycles. The Morgan fingerprint density at radius 1 is 1.09 bits per heavy atom. The van der Waals surface area contributed by atoms with Crippen LogP contribution in [-0.4, -0.2) is 12.1 Å². The molecule has 3 aliphatic carbocycles. The minimum absolute atomic E-state index is 0.00648. The predicted molar refractivity (Wildman–Crippen MR) is 88.8 cm³/mol. The molecule has 4 aliphatic rings. The van der Waals surface area contributed by atoms with Crippen LogP contribution in [0.3, 0.4) is 0 Å². The zero-order valence-electron chi connectivity index (χ0n) is 13.9. The second-order valence-electron chi connectivity index (χ2n) is 8.29. The summed E-state index contributed by atoms with van der Waals surface area (Å²) in [6, 6.07) is 10.7. The number of hydrogen-bond donors (Lipinski definition) is 0. The van der Waals surface area contributed by atoms with E-state index < -0.39 is 0 Å². The van der Waals surface area contributed by atoms with Gasteiger partial charge in [-0.3, -0.25) is 4.79 Å². The van der Waals surface area contributed by atoms with Crippen molar-refractivity contribution in [3.8, 4) is 0 Å². The minimum Gasteiger partial charge on any atom is -0.462 e. The predicted octanol–water partition coefficient (Wildman–Crippen LogP) is 4.25. The molecule has 1 heterocycles. The molecule has 120 valence electrons. The van der Waals surface area contributed by atoms with Crippen molar-refractivity contribution in [3.05, 3.63) is 48.0 Å². The van der Waals surface area contributed by atoms with Gasteiger partial charge in [0.1, 0.15) is 6.10 Å². The van der Waals surface area contributed by atoms with E-state index in [-0.39, 0.29) is 34.2 Å². The van der Waals surface area contributed by atoms with Gasteiger partial charge < -0.3 is 4.74 Å². The first kappa shape index (κ1) is 13.8. The summed E-state index contributed by atoms with van der Waals surface area (Å²) in [6.07, 6.45) is 9.89. The van der Waals surface area contributed by atoms with Crippen LogP contribution in [0.25, 0.3) is 0 Å². The van der Waals surface area contributed by atoms with E-state index in [1.54, 1.807) is 0 Å². The molecular weight excluding hydrogens is 284 g/mol. The van der Waals surface area contributed by atoms with Crippen molar-refractivity contribution in [2.45, 2.75) is 51.0 Å². The Balaban J connectivity index is 1.82. The van der Waals surface area contributed by atoms with E-state index in [1.165, 1.54) is 31.2 Å². The molecule has 5 rings (SSSR count). The van der Waals surface area contributed by atoms with Crippen LogP contribution < -0.4 is 0 Å². The van der Waals surface area contributed by atoms with E-state index in [4.69, 9.17) is 4.74 Å². The molecule has 3 fully saturated rings. The summed E-state index contributed by atoms with van der Waals surface area (Å²) in [5.41, 5.74) is 1.40. The molecule has 23 heavy (non-hydrogen) atoms. The van der Waals surface area contributed by atoms with Crippen molar-refractivity contribution in [2.75, 3.05) is 0 Å². The van der Waals surface area contributed by atoms with Crippen molar-refractivity contribution in [2.24, 2.45) is 22.7 Å². The summed E-state index contributed by atoms with van der Waals surface area (Å²) < 4.78 is 5.77. The van der Waals surface area contributed by atoms with Gasteiger partial charge in [-0.2, -0.15) is 0 Å². The number of carbonyl (C=O) groups is 1. The van der Waals surface area contributed by atoms with Crippen LogP contribution in [0.1, 0.15) is 45.1 Å². The number of allylic oxidation sites excluding steroid dienone is 2. The van der Waals surface area contributed by atoms with E-state index in [2.05, 4.69) is 56.3 Å². The van der Waals surface area contributed by atoms with Crippen molar-refractivity contribution >= 4 is 5.97 Å². The lowest BCUT2D eigenvalue weighted by Crippen LogP contribution is -2.48. The first-order chi connectivity index (χ1) is 11.1. The van der Waals surface area contributed by atoms with Crippen molar-refractivity contribution in [1.29, 1.82) is 0 Å². The first-order valence-electron chi connectivity index (χ1n) is 9.03. The monoisotopic (exact) mass is 308 g/mol. The second kappa shape index (κ2) is 4.09. The maximum absolute atomic E-state index is 12.9. The number of cyclic esters (lactones) is 1. The topological polar surface area (TPSA) is 26.3 Å². The number of esters is 1. The van der Waals surface area contributed by atoms with Gasteiger partial charge in [0, 0.05) is 16.7 Å². The zero-order valence-corrected chi connectivity index (χ0v) is 13.9. The van der Waals surface area contributed by atoms with Crippen LogP contribution in [-0.2, 0) is 14.9 Å². The summed E-state index contributed by atoms with van der Waals surface area (Å²) in [5.74, 6) is 0.365. The molecule has 1 aromatic carbocycles. The van der Waals surface area contributed by atoms with Gasteiger partial charge in [0.2, 0.25) is 0 Å². The summed E-state index contributed by atoms with van der Waals surface area (Å²) in [5, 5.41) is 0. The molecule has 1 aromatic rings. The van der Waals surface area contributed by atoms with Crippen LogP contribution in [0.15, 0.2) is 42.5 Å². The second-order valence-corrected chi connectivity index (χ2v) is 8.29. The number of benzene rings is 1. The lowest BCUT2D eigenvalue weighted by Gasteiger charge is -2.51. The van der Waals surface area contributed by atoms with Crippen molar-refractivity contribution < 1.29 is 9.53 Å². The summed E-state index contributed by atoms with van der Waals surface area (Å²) in [7, 11) is 0. The van der Waals surface area contributed by atoms with Crippen LogP contribution in [0.4, 0.5) is 0 Å². The van der Waals surface area contributed by atoms with Gasteiger partial charge >= 0.3 is 5.97 Å². The Morgan fingerprint density at radius 2 is 1.83 bits per heavy atom. The molecule has 1 saturated heterocycles. The van der Waals surface area contributed by atoms with Crippen molar-refractivity contribution in [3.63, 3.8) is 0 Å². The van der Waals surface area contributed by atoms with E-state index >= 15 is 0 Å². The highest BCUT2D eigenvalue weighted by Crippen LogP contribution is 2.79. The van der Waals surface area contributed by atoms with Crippen LogP contribution in [0.5, 0.6) is 0 Å². The Morgan fingerprint density at radius 3 is 2.61 bits per heavy atom. The van der Waals surface area contributed by atoms with Gasteiger partial charge in [0.15, 0.2) is 0 Å². The molecule has 2 saturated carbocycles. The van der Waals surface area contributed by atoms with E-state index in [1.807, 2.05) is 0 Å². The third-order valence-corrected chi connectivity index (χ3v) is 7.86. The van der Waals surface area contributed by atoms with Gasteiger partial charge in [-0.15, -0.1) is 0 Å². The van der Waals surface area contributed by atoms with Gasteiger partial charge in [0.25, 0.3) is 0 Å². The average Bonchev–Trinajstić information content (AvgIpc) is 3.09. The van der Waals surface area contributed by atoms with Crippen molar-refractivity contribution in [1.82, 2.24) is 0 Å². The highest BCUT2D eigenvalue weighted by molar-refractivity contribution is 5.81. The fraction of sp³-hybridized carbons (Fsp3) is 0.571. The largest absolute Gasteiger partial charge is 0.462 e. The number of hydrogen-bond acceptors (Lipinski definition) is 2. The molecular formula is C21H24O2. The fourth-order valence-electron chi connectivity index (χ4n) is 7.06. The molecule has 6 atom stereocenters. The fourth-order valence-corrected chi connectivity index (χ4v) is 7.06. The standard InChI is InChI=1S/C21H24O2/c1-14-16-17(18(22)23-14)21(15-8-4-3-5-9-15)13-12-20(16)11-7-6-10-19(20,21)2/h3-5,8-9,12-14,16-17H,6-7,10-11H2,1-2H3/t14-,16-,17-,19-,20-,21+/m0/s1. The van der Waals surface area contributed by atoms with Gasteiger partial charge in [0.05, 0.1) is 5.92 Å². The molecule has 0 spiro atoms. The minimum atomic E-state index is -0.179. The molecule has 0 N–H and O–H groups in total. The Labute approximate surface area is 137 Å². The number of carbonyl (C=O) groups excluding carboxylic acids is 1. The maximum Gasteiger partial charge on any atom is 0.310 e.